The fraction of sp³-hybridized carbons (Fsp3) is 0.233. The summed E-state index contributed by atoms with van der Waals surface area (Å²) in [4.78, 5) is 42.7. The molecule has 2 aliphatic carbocycles. The Morgan fingerprint density at radius 1 is 1.00 bits per heavy atom. The molecule has 6 rings (SSSR count). The zero-order valence-corrected chi connectivity index (χ0v) is 21.6. The second-order valence-electron chi connectivity index (χ2n) is 10.2. The van der Waals surface area contributed by atoms with Crippen molar-refractivity contribution in [1.29, 1.82) is 5.26 Å². The van der Waals surface area contributed by atoms with E-state index in [1.807, 2.05) is 0 Å². The van der Waals surface area contributed by atoms with Gasteiger partial charge in [-0.1, -0.05) is 0 Å². The van der Waals surface area contributed by atoms with Crippen LogP contribution in [-0.2, 0) is 10.2 Å². The van der Waals surface area contributed by atoms with Gasteiger partial charge in [0.25, 0.3) is 5.91 Å². The molecule has 0 atom stereocenters. The highest BCUT2D eigenvalue weighted by molar-refractivity contribution is 6.04. The molecule has 0 unspecified atom stereocenters. The largest absolute Gasteiger partial charge is 0.319 e. The third-order valence-electron chi connectivity index (χ3n) is 7.19. The number of amides is 2. The molecule has 2 fully saturated rings. The topological polar surface area (TPSA) is 134 Å². The van der Waals surface area contributed by atoms with E-state index in [9.17, 15) is 19.2 Å². The minimum atomic E-state index is -0.637. The van der Waals surface area contributed by atoms with Crippen molar-refractivity contribution in [1.82, 2.24) is 19.9 Å². The van der Waals surface area contributed by atoms with E-state index in [0.29, 0.717) is 58.1 Å². The first kappa shape index (κ1) is 25.2. The van der Waals surface area contributed by atoms with Gasteiger partial charge in [0.2, 0.25) is 5.91 Å². The number of nitriles is 1. The average Bonchev–Trinajstić information content (AvgIpc) is 3.89. The summed E-state index contributed by atoms with van der Waals surface area (Å²) in [5.74, 6) is -0.254. The molecule has 2 amide bonds. The van der Waals surface area contributed by atoms with Gasteiger partial charge in [0.05, 0.1) is 28.6 Å². The number of hydrogen-bond acceptors (Lipinski definition) is 7. The lowest BCUT2D eigenvalue weighted by molar-refractivity contribution is -0.117. The van der Waals surface area contributed by atoms with E-state index in [0.717, 1.165) is 12.8 Å². The van der Waals surface area contributed by atoms with Crippen LogP contribution in [0.1, 0.15) is 47.3 Å². The lowest BCUT2D eigenvalue weighted by atomic mass is 10.0. The monoisotopic (exact) mass is 533 g/mol. The Labute approximate surface area is 229 Å². The second-order valence-corrected chi connectivity index (χ2v) is 10.2. The van der Waals surface area contributed by atoms with Gasteiger partial charge in [0.1, 0.15) is 11.6 Å². The van der Waals surface area contributed by atoms with Gasteiger partial charge in [-0.05, 0) is 80.6 Å². The van der Waals surface area contributed by atoms with Crippen LogP contribution in [0.25, 0.3) is 22.6 Å². The summed E-state index contributed by atoms with van der Waals surface area (Å²) in [6.07, 6.45) is 7.86. The number of nitrogens with one attached hydrogen (secondary N) is 2. The minimum Gasteiger partial charge on any atom is -0.319 e. The first-order valence-electron chi connectivity index (χ1n) is 13.0. The Hall–Kier alpha value is -5.04. The van der Waals surface area contributed by atoms with E-state index in [4.69, 9.17) is 0 Å². The first-order chi connectivity index (χ1) is 19.3. The number of halogens is 1. The zero-order valence-electron chi connectivity index (χ0n) is 21.6. The van der Waals surface area contributed by atoms with Crippen LogP contribution in [0.2, 0.25) is 0 Å². The molecule has 0 radical (unpaired) electrons. The summed E-state index contributed by atoms with van der Waals surface area (Å²) < 4.78 is 15.0. The van der Waals surface area contributed by atoms with Crippen LogP contribution >= 0.6 is 0 Å². The quantitative estimate of drug-likeness (QED) is 0.333. The molecule has 0 bridgehead atoms. The van der Waals surface area contributed by atoms with Crippen LogP contribution < -0.4 is 10.6 Å². The highest BCUT2D eigenvalue weighted by Crippen LogP contribution is 2.46. The lowest BCUT2D eigenvalue weighted by Gasteiger charge is -2.13. The standard InChI is InChI=1S/C30H24FN7O2/c1-17-12-22(31)24(37-29(40)20-5-9-33-25(13-20)30(16-32)7-8-30)15-21(17)23-6-11-35-27(36-23)19-4-10-34-26(14-19)38-28(39)18-2-3-18/h4-6,9-15,18H,2-3,7-8H2,1H3,(H,37,40)(H,34,38,39). The Balaban J connectivity index is 1.26. The van der Waals surface area contributed by atoms with E-state index in [2.05, 4.69) is 36.6 Å². The van der Waals surface area contributed by atoms with E-state index >= 15 is 0 Å². The first-order valence-corrected chi connectivity index (χ1v) is 13.0. The maximum Gasteiger partial charge on any atom is 0.255 e. The minimum absolute atomic E-state index is 0.000436. The average molecular weight is 534 g/mol. The van der Waals surface area contributed by atoms with Crippen molar-refractivity contribution in [3.05, 3.63) is 83.7 Å². The number of aromatic nitrogens is 4. The van der Waals surface area contributed by atoms with E-state index < -0.39 is 17.1 Å². The number of carbonyl (C=O) groups is 2. The molecular formula is C30H24FN7O2. The Kier molecular flexibility index (Phi) is 6.27. The van der Waals surface area contributed by atoms with Crippen molar-refractivity contribution in [2.45, 2.75) is 38.0 Å². The van der Waals surface area contributed by atoms with Gasteiger partial charge >= 0.3 is 0 Å². The van der Waals surface area contributed by atoms with Crippen LogP contribution in [-0.4, -0.2) is 31.8 Å². The Morgan fingerprint density at radius 2 is 1.77 bits per heavy atom. The van der Waals surface area contributed by atoms with Crippen molar-refractivity contribution >= 4 is 23.3 Å². The molecule has 198 valence electrons. The Bertz CT molecular complexity index is 1710. The summed E-state index contributed by atoms with van der Waals surface area (Å²) in [5.41, 5.74) is 2.65. The molecule has 3 aromatic heterocycles. The SMILES string of the molecule is Cc1cc(F)c(NC(=O)c2ccnc(C3(C#N)CC3)c2)cc1-c1ccnc(-c2ccnc(NC(=O)C3CC3)c2)n1. The molecule has 0 aliphatic heterocycles. The maximum atomic E-state index is 15.0. The number of nitrogens with zero attached hydrogens (tertiary/aromatic N) is 5. The number of aryl methyl sites for hydroxylation is 1. The number of hydrogen-bond donors (Lipinski definition) is 2. The molecule has 10 heteroatoms. The van der Waals surface area contributed by atoms with Crippen molar-refractivity contribution < 1.29 is 14.0 Å². The molecule has 9 nitrogen and oxygen atoms in total. The van der Waals surface area contributed by atoms with Gasteiger partial charge < -0.3 is 10.6 Å². The zero-order chi connectivity index (χ0) is 27.9. The second kappa shape index (κ2) is 9.93. The third kappa shape index (κ3) is 5.01. The summed E-state index contributed by atoms with van der Waals surface area (Å²) >= 11 is 0. The lowest BCUT2D eigenvalue weighted by Crippen LogP contribution is -2.15. The van der Waals surface area contributed by atoms with Gasteiger partial charge in [-0.2, -0.15) is 5.26 Å². The summed E-state index contributed by atoms with van der Waals surface area (Å²) in [6, 6.07) is 13.4. The molecule has 1 aromatic carbocycles. The third-order valence-corrected chi connectivity index (χ3v) is 7.19. The smallest absolute Gasteiger partial charge is 0.255 e. The van der Waals surface area contributed by atoms with Crippen LogP contribution in [0.4, 0.5) is 15.9 Å². The Morgan fingerprint density at radius 3 is 2.52 bits per heavy atom. The van der Waals surface area contributed by atoms with Gasteiger partial charge in [0, 0.05) is 41.2 Å². The maximum absolute atomic E-state index is 15.0. The van der Waals surface area contributed by atoms with Crippen LogP contribution in [0.3, 0.4) is 0 Å². The molecule has 0 spiro atoms. The summed E-state index contributed by atoms with van der Waals surface area (Å²) in [6.45, 7) is 1.76. The molecule has 2 saturated carbocycles. The fourth-order valence-corrected chi connectivity index (χ4v) is 4.48. The molecule has 0 saturated heterocycles. The molecule has 2 N–H and O–H groups in total. The molecule has 2 aliphatic rings. The normalized spacial score (nSPS) is 15.1. The molecule has 40 heavy (non-hydrogen) atoms. The van der Waals surface area contributed by atoms with Gasteiger partial charge in [-0.15, -0.1) is 0 Å². The van der Waals surface area contributed by atoms with Crippen molar-refractivity contribution in [3.63, 3.8) is 0 Å². The number of rotatable bonds is 7. The van der Waals surface area contributed by atoms with Crippen molar-refractivity contribution in [3.8, 4) is 28.7 Å². The molecule has 4 aromatic rings. The van der Waals surface area contributed by atoms with E-state index in [-0.39, 0.29) is 17.5 Å². The predicted octanol–water partition coefficient (Wildman–Crippen LogP) is 5.20. The predicted molar refractivity (Wildman–Crippen MR) is 145 cm³/mol. The number of benzene rings is 1. The van der Waals surface area contributed by atoms with Crippen LogP contribution in [0.5, 0.6) is 0 Å². The van der Waals surface area contributed by atoms with Gasteiger partial charge in [0.15, 0.2) is 5.82 Å². The van der Waals surface area contributed by atoms with Crippen LogP contribution in [0.15, 0.2) is 61.1 Å². The van der Waals surface area contributed by atoms with E-state index in [1.54, 1.807) is 49.6 Å². The number of carbonyl (C=O) groups excluding carboxylic acids is 2. The summed E-state index contributed by atoms with van der Waals surface area (Å²) in [7, 11) is 0. The van der Waals surface area contributed by atoms with E-state index in [1.165, 1.54) is 18.3 Å². The molecular weight excluding hydrogens is 509 g/mol. The summed E-state index contributed by atoms with van der Waals surface area (Å²) in [5, 5.41) is 14.9. The fourth-order valence-electron chi connectivity index (χ4n) is 4.48. The molecule has 3 heterocycles. The number of anilines is 2. The number of pyridine rings is 2. The van der Waals surface area contributed by atoms with Gasteiger partial charge in [-0.25, -0.2) is 19.3 Å². The van der Waals surface area contributed by atoms with Gasteiger partial charge in [-0.3, -0.25) is 14.6 Å². The highest BCUT2D eigenvalue weighted by Gasteiger charge is 2.46. The van der Waals surface area contributed by atoms with Crippen molar-refractivity contribution in [2.24, 2.45) is 5.92 Å². The van der Waals surface area contributed by atoms with Crippen molar-refractivity contribution in [2.75, 3.05) is 10.6 Å². The van der Waals surface area contributed by atoms with Crippen LogP contribution in [0, 0.1) is 30.0 Å². The highest BCUT2D eigenvalue weighted by atomic mass is 19.1.